The van der Waals surface area contributed by atoms with Gasteiger partial charge in [-0.15, -0.1) is 0 Å². The highest BCUT2D eigenvalue weighted by molar-refractivity contribution is 5.14. The van der Waals surface area contributed by atoms with Gasteiger partial charge in [0.15, 0.2) is 0 Å². The molecule has 19 heavy (non-hydrogen) atoms. The van der Waals surface area contributed by atoms with Gasteiger partial charge in [-0.1, -0.05) is 51.1 Å². The monoisotopic (exact) mass is 262 g/mol. The normalized spacial score (nSPS) is 35.3. The molecule has 5 atom stereocenters. The Kier molecular flexibility index (Phi) is 5.00. The van der Waals surface area contributed by atoms with Crippen LogP contribution in [-0.4, -0.2) is 23.9 Å². The minimum absolute atomic E-state index is 0.00646. The van der Waals surface area contributed by atoms with Crippen molar-refractivity contribution in [1.82, 2.24) is 0 Å². The molecular weight excluding hydrogens is 236 g/mol. The largest absolute Gasteiger partial charge is 0.394 e. The van der Waals surface area contributed by atoms with Gasteiger partial charge < -0.3 is 9.84 Å². The van der Waals surface area contributed by atoms with Crippen LogP contribution < -0.4 is 0 Å². The molecule has 1 aliphatic heterocycles. The molecule has 1 aliphatic rings. The second-order valence-electron chi connectivity index (χ2n) is 6.00. The molecule has 2 nitrogen and oxygen atoms in total. The first kappa shape index (κ1) is 14.5. The number of aliphatic hydroxyl groups excluding tert-OH is 1. The number of rotatable bonds is 4. The summed E-state index contributed by atoms with van der Waals surface area (Å²) in [5.74, 6) is 1.60. The molecule has 1 aromatic rings. The van der Waals surface area contributed by atoms with E-state index in [9.17, 15) is 5.11 Å². The summed E-state index contributed by atoms with van der Waals surface area (Å²) < 4.78 is 6.10. The zero-order chi connectivity index (χ0) is 13.8. The van der Waals surface area contributed by atoms with Gasteiger partial charge >= 0.3 is 0 Å². The van der Waals surface area contributed by atoms with Crippen LogP contribution in [0.4, 0.5) is 0 Å². The first-order valence-electron chi connectivity index (χ1n) is 7.43. The molecule has 106 valence electrons. The number of ether oxygens (including phenoxy) is 1. The second-order valence-corrected chi connectivity index (χ2v) is 6.00. The van der Waals surface area contributed by atoms with Gasteiger partial charge in [0, 0.05) is 0 Å². The molecule has 1 N–H and O–H groups in total. The lowest BCUT2D eigenvalue weighted by molar-refractivity contribution is -0.149. The highest BCUT2D eigenvalue weighted by atomic mass is 16.5. The number of benzene rings is 1. The van der Waals surface area contributed by atoms with Crippen molar-refractivity contribution in [3.05, 3.63) is 35.9 Å². The van der Waals surface area contributed by atoms with Gasteiger partial charge in [0.05, 0.1) is 18.8 Å². The topological polar surface area (TPSA) is 29.5 Å². The van der Waals surface area contributed by atoms with Crippen molar-refractivity contribution in [2.45, 2.75) is 45.8 Å². The zero-order valence-electron chi connectivity index (χ0n) is 12.3. The minimum Gasteiger partial charge on any atom is -0.394 e. The highest BCUT2D eigenvalue weighted by Gasteiger charge is 2.38. The van der Waals surface area contributed by atoms with Gasteiger partial charge in [-0.25, -0.2) is 0 Å². The molecule has 0 unspecified atom stereocenters. The number of hydrogen-bond acceptors (Lipinski definition) is 2. The molecule has 0 aliphatic carbocycles. The maximum Gasteiger partial charge on any atom is 0.0837 e. The van der Waals surface area contributed by atoms with Crippen molar-refractivity contribution in [3.63, 3.8) is 0 Å². The van der Waals surface area contributed by atoms with Gasteiger partial charge in [-0.05, 0) is 36.2 Å². The smallest absolute Gasteiger partial charge is 0.0837 e. The first-order chi connectivity index (χ1) is 9.13. The average molecular weight is 262 g/mol. The third kappa shape index (κ3) is 3.37. The Hall–Kier alpha value is -0.860. The molecule has 2 rings (SSSR count). The fourth-order valence-corrected chi connectivity index (χ4v) is 3.12. The van der Waals surface area contributed by atoms with Crippen LogP contribution in [0.25, 0.3) is 0 Å². The van der Waals surface area contributed by atoms with Crippen molar-refractivity contribution in [2.24, 2.45) is 17.8 Å². The Morgan fingerprint density at radius 1 is 0.947 bits per heavy atom. The fourth-order valence-electron chi connectivity index (χ4n) is 3.12. The summed E-state index contributed by atoms with van der Waals surface area (Å²) in [6, 6.07) is 10.6. The van der Waals surface area contributed by atoms with Gasteiger partial charge in [-0.3, -0.25) is 0 Å². The lowest BCUT2D eigenvalue weighted by Gasteiger charge is -2.43. The van der Waals surface area contributed by atoms with Crippen LogP contribution in [0.15, 0.2) is 30.3 Å². The van der Waals surface area contributed by atoms with Crippen LogP contribution in [0.1, 0.15) is 32.8 Å². The molecular formula is C17H26O2. The Morgan fingerprint density at radius 2 is 1.58 bits per heavy atom. The van der Waals surface area contributed by atoms with Crippen LogP contribution >= 0.6 is 0 Å². The van der Waals surface area contributed by atoms with E-state index in [0.717, 1.165) is 12.8 Å². The SMILES string of the molecule is C[C@H]1[C@@H](C)[C@@H](CO)O[C@@H](CCc2ccccc2)[C@H]1C. The Bertz CT molecular complexity index is 374. The van der Waals surface area contributed by atoms with Gasteiger partial charge in [-0.2, -0.15) is 0 Å². The van der Waals surface area contributed by atoms with Crippen LogP contribution in [-0.2, 0) is 11.2 Å². The van der Waals surface area contributed by atoms with Crippen molar-refractivity contribution >= 4 is 0 Å². The Morgan fingerprint density at radius 3 is 2.21 bits per heavy atom. The number of aryl methyl sites for hydroxylation is 1. The van der Waals surface area contributed by atoms with E-state index in [-0.39, 0.29) is 18.8 Å². The van der Waals surface area contributed by atoms with Crippen molar-refractivity contribution in [1.29, 1.82) is 0 Å². The fraction of sp³-hybridized carbons (Fsp3) is 0.647. The summed E-state index contributed by atoms with van der Waals surface area (Å²) in [6.07, 6.45) is 2.36. The summed E-state index contributed by atoms with van der Waals surface area (Å²) in [4.78, 5) is 0. The maximum atomic E-state index is 9.44. The summed E-state index contributed by atoms with van der Waals surface area (Å²) in [7, 11) is 0. The van der Waals surface area contributed by atoms with Gasteiger partial charge in [0.1, 0.15) is 0 Å². The number of hydrogen-bond donors (Lipinski definition) is 1. The van der Waals surface area contributed by atoms with Crippen molar-refractivity contribution < 1.29 is 9.84 Å². The lowest BCUT2D eigenvalue weighted by atomic mass is 9.75. The molecule has 1 aromatic carbocycles. The molecule has 0 saturated carbocycles. The first-order valence-corrected chi connectivity index (χ1v) is 7.43. The van der Waals surface area contributed by atoms with E-state index in [2.05, 4.69) is 51.1 Å². The maximum absolute atomic E-state index is 9.44. The van der Waals surface area contributed by atoms with Crippen LogP contribution in [0.5, 0.6) is 0 Å². The molecule has 1 heterocycles. The van der Waals surface area contributed by atoms with Crippen molar-refractivity contribution in [3.8, 4) is 0 Å². The predicted molar refractivity (Wildman–Crippen MR) is 78.0 cm³/mol. The summed E-state index contributed by atoms with van der Waals surface area (Å²) in [6.45, 7) is 6.90. The Balaban J connectivity index is 1.95. The average Bonchev–Trinajstić information content (AvgIpc) is 2.45. The van der Waals surface area contributed by atoms with Crippen LogP contribution in [0.2, 0.25) is 0 Å². The molecule has 0 radical (unpaired) electrons. The molecule has 1 saturated heterocycles. The predicted octanol–water partition coefficient (Wildman–Crippen LogP) is 3.29. The van der Waals surface area contributed by atoms with E-state index >= 15 is 0 Å². The molecule has 2 heteroatoms. The van der Waals surface area contributed by atoms with E-state index in [4.69, 9.17) is 4.74 Å². The standard InChI is InChI=1S/C17H26O2/c1-12-13(2)16(19-17(11-18)14(12)3)10-9-15-7-5-4-6-8-15/h4-8,12-14,16-18H,9-11H2,1-3H3/t12-,13+,14-,16+,17-/m1/s1. The summed E-state index contributed by atoms with van der Waals surface area (Å²) in [5.41, 5.74) is 1.37. The summed E-state index contributed by atoms with van der Waals surface area (Å²) in [5, 5.41) is 9.44. The van der Waals surface area contributed by atoms with E-state index in [1.807, 2.05) is 0 Å². The quantitative estimate of drug-likeness (QED) is 0.902. The third-order valence-electron chi connectivity index (χ3n) is 4.92. The molecule has 0 aromatic heterocycles. The van der Waals surface area contributed by atoms with Gasteiger partial charge in [0.2, 0.25) is 0 Å². The number of aliphatic hydroxyl groups is 1. The van der Waals surface area contributed by atoms with Crippen LogP contribution in [0, 0.1) is 17.8 Å². The lowest BCUT2D eigenvalue weighted by Crippen LogP contribution is -2.46. The van der Waals surface area contributed by atoms with E-state index < -0.39 is 0 Å². The molecule has 0 spiro atoms. The van der Waals surface area contributed by atoms with E-state index in [1.54, 1.807) is 0 Å². The molecule has 0 amide bonds. The van der Waals surface area contributed by atoms with Crippen LogP contribution in [0.3, 0.4) is 0 Å². The highest BCUT2D eigenvalue weighted by Crippen LogP contribution is 2.36. The minimum atomic E-state index is 0.00646. The Labute approximate surface area is 116 Å². The molecule has 0 bridgehead atoms. The summed E-state index contributed by atoms with van der Waals surface area (Å²) >= 11 is 0. The zero-order valence-corrected chi connectivity index (χ0v) is 12.3. The second kappa shape index (κ2) is 6.53. The third-order valence-corrected chi connectivity index (χ3v) is 4.92. The van der Waals surface area contributed by atoms with Gasteiger partial charge in [0.25, 0.3) is 0 Å². The van der Waals surface area contributed by atoms with E-state index in [0.29, 0.717) is 17.8 Å². The molecule has 1 fully saturated rings. The van der Waals surface area contributed by atoms with Crippen molar-refractivity contribution in [2.75, 3.05) is 6.61 Å². The van der Waals surface area contributed by atoms with E-state index in [1.165, 1.54) is 5.56 Å².